The van der Waals surface area contributed by atoms with Crippen LogP contribution in [-0.4, -0.2) is 49.8 Å². The van der Waals surface area contributed by atoms with Gasteiger partial charge in [0.15, 0.2) is 0 Å². The SMILES string of the molecule is CCCC(=CN(N)CCS(C)(=O)=O)C1CC(=O)CC(C)N1. The molecule has 0 saturated carbocycles. The van der Waals surface area contributed by atoms with Crippen LogP contribution in [0.3, 0.4) is 0 Å². The van der Waals surface area contributed by atoms with Gasteiger partial charge in [-0.2, -0.15) is 0 Å². The molecule has 6 nitrogen and oxygen atoms in total. The summed E-state index contributed by atoms with van der Waals surface area (Å²) in [6.07, 6.45) is 5.82. The Morgan fingerprint density at radius 2 is 2.14 bits per heavy atom. The Labute approximate surface area is 127 Å². The van der Waals surface area contributed by atoms with Gasteiger partial charge in [-0.3, -0.25) is 4.79 Å². The molecule has 3 N–H and O–H groups in total. The molecule has 1 saturated heterocycles. The molecule has 1 aliphatic heterocycles. The van der Waals surface area contributed by atoms with Gasteiger partial charge < -0.3 is 10.3 Å². The minimum atomic E-state index is -3.03. The third-order valence-corrected chi connectivity index (χ3v) is 4.41. The molecule has 122 valence electrons. The fraction of sp³-hybridized carbons (Fsp3) is 0.786. The van der Waals surface area contributed by atoms with Crippen LogP contribution in [0.15, 0.2) is 11.8 Å². The fourth-order valence-corrected chi connectivity index (χ4v) is 3.06. The number of Topliss-reactive ketones (excluding diaryl/α,β-unsaturated/α-hetero) is 1. The lowest BCUT2D eigenvalue weighted by molar-refractivity contribution is -0.121. The molecule has 21 heavy (non-hydrogen) atoms. The summed E-state index contributed by atoms with van der Waals surface area (Å²) in [5, 5.41) is 4.83. The number of hydrogen-bond donors (Lipinski definition) is 2. The van der Waals surface area contributed by atoms with Crippen LogP contribution in [0.1, 0.15) is 39.5 Å². The number of nitrogens with one attached hydrogen (secondary N) is 1. The molecule has 1 fully saturated rings. The van der Waals surface area contributed by atoms with E-state index in [4.69, 9.17) is 5.84 Å². The molecule has 2 unspecified atom stereocenters. The summed E-state index contributed by atoms with van der Waals surface area (Å²) in [4.78, 5) is 11.7. The molecule has 1 heterocycles. The Morgan fingerprint density at radius 3 is 2.67 bits per heavy atom. The highest BCUT2D eigenvalue weighted by Crippen LogP contribution is 2.20. The third kappa shape index (κ3) is 7.06. The van der Waals surface area contributed by atoms with Crippen molar-refractivity contribution < 1.29 is 13.2 Å². The molecular weight excluding hydrogens is 290 g/mol. The molecule has 0 aromatic heterocycles. The number of nitrogens with zero attached hydrogens (tertiary/aromatic N) is 1. The minimum Gasteiger partial charge on any atom is -0.317 e. The lowest BCUT2D eigenvalue weighted by Gasteiger charge is -2.31. The van der Waals surface area contributed by atoms with E-state index in [9.17, 15) is 13.2 Å². The van der Waals surface area contributed by atoms with Gasteiger partial charge in [-0.1, -0.05) is 13.3 Å². The van der Waals surface area contributed by atoms with Gasteiger partial charge in [0.2, 0.25) is 0 Å². The van der Waals surface area contributed by atoms with Gasteiger partial charge in [0.25, 0.3) is 0 Å². The zero-order chi connectivity index (χ0) is 16.0. The van der Waals surface area contributed by atoms with Crippen molar-refractivity contribution in [3.05, 3.63) is 11.8 Å². The summed E-state index contributed by atoms with van der Waals surface area (Å²) in [6, 6.07) is 0.171. The Kier molecular flexibility index (Phi) is 6.83. The van der Waals surface area contributed by atoms with Crippen molar-refractivity contribution in [3.63, 3.8) is 0 Å². The number of sulfone groups is 1. The molecule has 1 rings (SSSR count). The first-order valence-corrected chi connectivity index (χ1v) is 9.44. The Hall–Kier alpha value is -0.920. The van der Waals surface area contributed by atoms with Gasteiger partial charge in [0.05, 0.1) is 5.75 Å². The maximum Gasteiger partial charge on any atom is 0.149 e. The number of piperidine rings is 1. The quantitative estimate of drug-likeness (QED) is 0.528. The second kappa shape index (κ2) is 7.91. The average molecular weight is 317 g/mol. The van der Waals surface area contributed by atoms with Crippen molar-refractivity contribution in [2.24, 2.45) is 5.84 Å². The molecule has 0 aromatic rings. The van der Waals surface area contributed by atoms with E-state index in [1.165, 1.54) is 11.3 Å². The van der Waals surface area contributed by atoms with Crippen molar-refractivity contribution in [2.75, 3.05) is 18.6 Å². The molecule has 0 spiro atoms. The van der Waals surface area contributed by atoms with Gasteiger partial charge in [-0.25, -0.2) is 14.3 Å². The van der Waals surface area contributed by atoms with Crippen LogP contribution in [0.25, 0.3) is 0 Å². The second-order valence-electron chi connectivity index (χ2n) is 5.89. The first-order chi connectivity index (χ1) is 9.71. The van der Waals surface area contributed by atoms with Crippen LogP contribution in [0.5, 0.6) is 0 Å². The van der Waals surface area contributed by atoms with E-state index in [1.807, 2.05) is 6.92 Å². The van der Waals surface area contributed by atoms with Crippen LogP contribution in [0.2, 0.25) is 0 Å². The number of rotatable bonds is 7. The normalized spacial score (nSPS) is 24.2. The third-order valence-electron chi connectivity index (χ3n) is 3.49. The summed E-state index contributed by atoms with van der Waals surface area (Å²) in [7, 11) is -3.03. The minimum absolute atomic E-state index is 0.00508. The maximum absolute atomic E-state index is 11.7. The van der Waals surface area contributed by atoms with Gasteiger partial charge in [0.1, 0.15) is 15.6 Å². The van der Waals surface area contributed by atoms with Gasteiger partial charge in [0, 0.05) is 43.9 Å². The highest BCUT2D eigenvalue weighted by atomic mass is 32.2. The first-order valence-electron chi connectivity index (χ1n) is 7.38. The van der Waals surface area contributed by atoms with E-state index in [2.05, 4.69) is 12.2 Å². The van der Waals surface area contributed by atoms with Crippen LogP contribution in [0, 0.1) is 0 Å². The summed E-state index contributed by atoms with van der Waals surface area (Å²) >= 11 is 0. The van der Waals surface area contributed by atoms with Crippen LogP contribution >= 0.6 is 0 Å². The Morgan fingerprint density at radius 1 is 1.48 bits per heavy atom. The van der Waals surface area contributed by atoms with Crippen molar-refractivity contribution in [2.45, 2.75) is 51.6 Å². The number of hydrazine groups is 1. The molecule has 0 radical (unpaired) electrons. The van der Waals surface area contributed by atoms with Crippen molar-refractivity contribution in [1.82, 2.24) is 10.3 Å². The Balaban J connectivity index is 2.74. The zero-order valence-electron chi connectivity index (χ0n) is 13.1. The van der Waals surface area contributed by atoms with Crippen molar-refractivity contribution in [3.8, 4) is 0 Å². The molecule has 0 aromatic carbocycles. The molecule has 2 atom stereocenters. The molecule has 7 heteroatoms. The molecular formula is C14H27N3O3S. The molecule has 0 bridgehead atoms. The van der Waals surface area contributed by atoms with E-state index < -0.39 is 9.84 Å². The maximum atomic E-state index is 11.7. The highest BCUT2D eigenvalue weighted by Gasteiger charge is 2.26. The van der Waals surface area contributed by atoms with E-state index in [0.717, 1.165) is 18.4 Å². The van der Waals surface area contributed by atoms with Crippen LogP contribution < -0.4 is 11.2 Å². The van der Waals surface area contributed by atoms with Crippen molar-refractivity contribution >= 4 is 15.6 Å². The van der Waals surface area contributed by atoms with Gasteiger partial charge >= 0.3 is 0 Å². The number of carbonyl (C=O) groups is 1. The average Bonchev–Trinajstić information content (AvgIpc) is 2.34. The number of carbonyl (C=O) groups excluding carboxylic acids is 1. The predicted molar refractivity (Wildman–Crippen MR) is 84.2 cm³/mol. The summed E-state index contributed by atoms with van der Waals surface area (Å²) < 4.78 is 22.3. The second-order valence-corrected chi connectivity index (χ2v) is 8.15. The predicted octanol–water partition coefficient (Wildman–Crippen LogP) is 0.600. The monoisotopic (exact) mass is 317 g/mol. The van der Waals surface area contributed by atoms with E-state index >= 15 is 0 Å². The van der Waals surface area contributed by atoms with E-state index in [-0.39, 0.29) is 30.2 Å². The van der Waals surface area contributed by atoms with Gasteiger partial charge in [-0.05, 0) is 18.9 Å². The number of nitrogens with two attached hydrogens (primary N) is 1. The van der Waals surface area contributed by atoms with Crippen LogP contribution in [0.4, 0.5) is 0 Å². The zero-order valence-corrected chi connectivity index (χ0v) is 13.9. The molecule has 0 amide bonds. The highest BCUT2D eigenvalue weighted by molar-refractivity contribution is 7.90. The molecule has 0 aliphatic carbocycles. The van der Waals surface area contributed by atoms with Crippen molar-refractivity contribution in [1.29, 1.82) is 0 Å². The number of ketones is 1. The fourth-order valence-electron chi connectivity index (χ4n) is 2.52. The number of hydrogen-bond acceptors (Lipinski definition) is 6. The summed E-state index contributed by atoms with van der Waals surface area (Å²) in [5.74, 6) is 6.15. The standard InChI is InChI=1S/C14H27N3O3S/c1-4-5-12(10-17(15)6-7-21(3,19)20)14-9-13(18)8-11(2)16-14/h10-11,14,16H,4-9,15H2,1-3H3. The Bertz CT molecular complexity index is 488. The topological polar surface area (TPSA) is 92.5 Å². The lowest BCUT2D eigenvalue weighted by atomic mass is 9.91. The van der Waals surface area contributed by atoms with Crippen LogP contribution in [-0.2, 0) is 14.6 Å². The summed E-state index contributed by atoms with van der Waals surface area (Å²) in [5.41, 5.74) is 1.06. The largest absolute Gasteiger partial charge is 0.317 e. The molecule has 1 aliphatic rings. The smallest absolute Gasteiger partial charge is 0.149 e. The van der Waals surface area contributed by atoms with E-state index in [1.54, 1.807) is 6.20 Å². The lowest BCUT2D eigenvalue weighted by Crippen LogP contribution is -2.46. The van der Waals surface area contributed by atoms with Gasteiger partial charge in [-0.15, -0.1) is 0 Å². The summed E-state index contributed by atoms with van der Waals surface area (Å²) in [6.45, 7) is 4.32. The van der Waals surface area contributed by atoms with E-state index in [0.29, 0.717) is 12.8 Å². The first kappa shape index (κ1) is 18.1.